The van der Waals surface area contributed by atoms with E-state index in [2.05, 4.69) is 15.2 Å². The molecule has 4 aromatic rings. The zero-order valence-electron chi connectivity index (χ0n) is 13.8. The number of hydrogen-bond acceptors (Lipinski definition) is 4. The van der Waals surface area contributed by atoms with Crippen LogP contribution in [0.5, 0.6) is 0 Å². The highest BCUT2D eigenvalue weighted by Crippen LogP contribution is 2.36. The zero-order valence-corrected chi connectivity index (χ0v) is 16.7. The Labute approximate surface area is 174 Å². The third-order valence-electron chi connectivity index (χ3n) is 3.98. The summed E-state index contributed by atoms with van der Waals surface area (Å²) in [5.41, 5.74) is 0.446. The summed E-state index contributed by atoms with van der Waals surface area (Å²) in [5, 5.41) is 7.79. The van der Waals surface area contributed by atoms with E-state index in [0.717, 1.165) is 23.1 Å². The van der Waals surface area contributed by atoms with Crippen LogP contribution >= 0.6 is 34.2 Å². The summed E-state index contributed by atoms with van der Waals surface area (Å²) < 4.78 is 56.7. The molecule has 0 fully saturated rings. The molecule has 0 radical (unpaired) electrons. The standard InChI is InChI=1S/C17H9ClF4IN5/c18-13-4-9(20)3-12-15(13)28-7-24-26-17(28)25-16(12)27(6-14(21)22)11-2-8(19)1-10(23)5-11/h1-5,7,14H,6H2. The second-order valence-corrected chi connectivity index (χ2v) is 7.50. The lowest BCUT2D eigenvalue weighted by Crippen LogP contribution is -2.25. The molecule has 0 amide bonds. The van der Waals surface area contributed by atoms with Crippen molar-refractivity contribution in [3.8, 4) is 0 Å². The number of halogens is 6. The summed E-state index contributed by atoms with van der Waals surface area (Å²) in [6.07, 6.45) is -1.43. The lowest BCUT2D eigenvalue weighted by atomic mass is 10.2. The number of rotatable bonds is 4. The highest BCUT2D eigenvalue weighted by molar-refractivity contribution is 14.1. The van der Waals surface area contributed by atoms with Gasteiger partial charge in [-0.3, -0.25) is 4.40 Å². The first-order chi connectivity index (χ1) is 13.3. The van der Waals surface area contributed by atoms with Crippen molar-refractivity contribution in [2.75, 3.05) is 11.4 Å². The minimum Gasteiger partial charge on any atom is -0.320 e. The van der Waals surface area contributed by atoms with E-state index >= 15 is 0 Å². The molecule has 0 spiro atoms. The first kappa shape index (κ1) is 19.1. The summed E-state index contributed by atoms with van der Waals surface area (Å²) >= 11 is 8.08. The van der Waals surface area contributed by atoms with Gasteiger partial charge >= 0.3 is 0 Å². The SMILES string of the molecule is Fc1cc(I)cc(N(CC(F)F)c2nc3nncn3c3c(Cl)cc(F)cc23)c1. The van der Waals surface area contributed by atoms with Gasteiger partial charge in [-0.25, -0.2) is 17.6 Å². The van der Waals surface area contributed by atoms with Crippen LogP contribution in [0.1, 0.15) is 0 Å². The molecule has 0 saturated carbocycles. The van der Waals surface area contributed by atoms with Gasteiger partial charge in [0.1, 0.15) is 23.8 Å². The van der Waals surface area contributed by atoms with Crippen molar-refractivity contribution >= 4 is 62.4 Å². The molecule has 4 rings (SSSR count). The average molecular weight is 522 g/mol. The third-order valence-corrected chi connectivity index (χ3v) is 4.89. The van der Waals surface area contributed by atoms with Crippen molar-refractivity contribution < 1.29 is 17.6 Å². The Bertz CT molecular complexity index is 1180. The van der Waals surface area contributed by atoms with Gasteiger partial charge in [-0.2, -0.15) is 4.98 Å². The van der Waals surface area contributed by atoms with Crippen LogP contribution in [0, 0.1) is 15.2 Å². The van der Waals surface area contributed by atoms with Crippen LogP contribution < -0.4 is 4.90 Å². The van der Waals surface area contributed by atoms with E-state index in [4.69, 9.17) is 11.6 Å². The Balaban J connectivity index is 2.07. The zero-order chi connectivity index (χ0) is 20.0. The van der Waals surface area contributed by atoms with E-state index < -0.39 is 24.6 Å². The number of anilines is 2. The highest BCUT2D eigenvalue weighted by Gasteiger charge is 2.23. The van der Waals surface area contributed by atoms with E-state index in [1.165, 1.54) is 22.9 Å². The van der Waals surface area contributed by atoms with Crippen LogP contribution in [-0.2, 0) is 0 Å². The maximum atomic E-state index is 14.1. The largest absolute Gasteiger partial charge is 0.320 e. The van der Waals surface area contributed by atoms with Gasteiger partial charge in [0, 0.05) is 14.6 Å². The molecule has 144 valence electrons. The molecule has 2 aromatic carbocycles. The highest BCUT2D eigenvalue weighted by atomic mass is 127. The molecular weight excluding hydrogens is 513 g/mol. The van der Waals surface area contributed by atoms with Gasteiger partial charge < -0.3 is 4.90 Å². The maximum Gasteiger partial charge on any atom is 0.257 e. The van der Waals surface area contributed by atoms with Crippen molar-refractivity contribution in [2.45, 2.75) is 6.43 Å². The van der Waals surface area contributed by atoms with Gasteiger partial charge in [-0.15, -0.1) is 10.2 Å². The van der Waals surface area contributed by atoms with Gasteiger partial charge in [-0.05, 0) is 52.9 Å². The minimum atomic E-state index is -2.77. The fourth-order valence-electron chi connectivity index (χ4n) is 2.95. The molecule has 2 aromatic heterocycles. The summed E-state index contributed by atoms with van der Waals surface area (Å²) in [6, 6.07) is 6.11. The van der Waals surface area contributed by atoms with Gasteiger partial charge in [-0.1, -0.05) is 11.6 Å². The molecule has 0 N–H and O–H groups in total. The van der Waals surface area contributed by atoms with Crippen LogP contribution in [0.25, 0.3) is 16.7 Å². The summed E-state index contributed by atoms with van der Waals surface area (Å²) in [7, 11) is 0. The van der Waals surface area contributed by atoms with Crippen molar-refractivity contribution in [1.82, 2.24) is 19.6 Å². The number of benzene rings is 2. The first-order valence-electron chi connectivity index (χ1n) is 7.84. The maximum absolute atomic E-state index is 14.1. The summed E-state index contributed by atoms with van der Waals surface area (Å²) in [6.45, 7) is -0.792. The number of alkyl halides is 2. The smallest absolute Gasteiger partial charge is 0.257 e. The average Bonchev–Trinajstić information content (AvgIpc) is 3.05. The number of nitrogens with zero attached hydrogens (tertiary/aromatic N) is 5. The second-order valence-electron chi connectivity index (χ2n) is 5.85. The molecule has 28 heavy (non-hydrogen) atoms. The van der Waals surface area contributed by atoms with E-state index in [0.29, 0.717) is 9.09 Å². The predicted molar refractivity (Wildman–Crippen MR) is 105 cm³/mol. The molecule has 0 aliphatic carbocycles. The van der Waals surface area contributed by atoms with Crippen LogP contribution in [0.4, 0.5) is 29.1 Å². The molecule has 0 bridgehead atoms. The lowest BCUT2D eigenvalue weighted by Gasteiger charge is -2.25. The number of fused-ring (bicyclic) bond motifs is 3. The van der Waals surface area contributed by atoms with Crippen LogP contribution in [0.15, 0.2) is 36.7 Å². The Morgan fingerprint density at radius 3 is 2.57 bits per heavy atom. The Morgan fingerprint density at radius 2 is 1.86 bits per heavy atom. The Kier molecular flexibility index (Phi) is 5.00. The van der Waals surface area contributed by atoms with Gasteiger partial charge in [0.15, 0.2) is 0 Å². The van der Waals surface area contributed by atoms with Crippen molar-refractivity contribution in [2.24, 2.45) is 0 Å². The molecule has 2 heterocycles. The predicted octanol–water partition coefficient (Wildman–Crippen LogP) is 5.22. The topological polar surface area (TPSA) is 46.3 Å². The normalized spacial score (nSPS) is 11.7. The van der Waals surface area contributed by atoms with Crippen molar-refractivity contribution in [3.05, 3.63) is 56.9 Å². The molecule has 5 nitrogen and oxygen atoms in total. The monoisotopic (exact) mass is 521 g/mol. The Morgan fingerprint density at radius 1 is 1.11 bits per heavy atom. The van der Waals surface area contributed by atoms with E-state index in [1.54, 1.807) is 0 Å². The molecule has 0 aliphatic rings. The minimum absolute atomic E-state index is 0.0291. The molecule has 0 atom stereocenters. The van der Waals surface area contributed by atoms with Crippen LogP contribution in [0.3, 0.4) is 0 Å². The second kappa shape index (κ2) is 7.32. The fraction of sp³-hybridized carbons (Fsp3) is 0.118. The van der Waals surface area contributed by atoms with Gasteiger partial charge in [0.25, 0.3) is 12.2 Å². The molecular formula is C17H9ClF4IN5. The van der Waals surface area contributed by atoms with Crippen LogP contribution in [0.2, 0.25) is 5.02 Å². The summed E-state index contributed by atoms with van der Waals surface area (Å²) in [5.74, 6) is -1.21. The van der Waals surface area contributed by atoms with Crippen molar-refractivity contribution in [3.63, 3.8) is 0 Å². The third kappa shape index (κ3) is 3.46. The van der Waals surface area contributed by atoms with E-state index in [1.807, 2.05) is 22.6 Å². The van der Waals surface area contributed by atoms with E-state index in [-0.39, 0.29) is 27.7 Å². The lowest BCUT2D eigenvalue weighted by molar-refractivity contribution is 0.158. The van der Waals surface area contributed by atoms with Crippen molar-refractivity contribution in [1.29, 1.82) is 0 Å². The fourth-order valence-corrected chi connectivity index (χ4v) is 3.87. The number of aromatic nitrogens is 4. The summed E-state index contributed by atoms with van der Waals surface area (Å²) in [4.78, 5) is 5.38. The van der Waals surface area contributed by atoms with E-state index in [9.17, 15) is 17.6 Å². The number of hydrogen-bond donors (Lipinski definition) is 0. The molecule has 0 unspecified atom stereocenters. The molecule has 0 saturated heterocycles. The molecule has 0 aliphatic heterocycles. The van der Waals surface area contributed by atoms with Crippen LogP contribution in [-0.4, -0.2) is 32.6 Å². The van der Waals surface area contributed by atoms with Gasteiger partial charge in [0.2, 0.25) is 0 Å². The molecule has 11 heteroatoms. The first-order valence-corrected chi connectivity index (χ1v) is 9.29. The quantitative estimate of drug-likeness (QED) is 0.273. The van der Waals surface area contributed by atoms with Gasteiger partial charge in [0.05, 0.1) is 17.1 Å². The Hall–Kier alpha value is -2.21.